The van der Waals surface area contributed by atoms with Crippen molar-refractivity contribution in [2.45, 2.75) is 0 Å². The number of nitriles is 3. The third kappa shape index (κ3) is 8.62. The lowest BCUT2D eigenvalue weighted by atomic mass is 10.2. The molecular weight excluding hydrogens is 741 g/mol. The molecule has 0 amide bonds. The van der Waals surface area contributed by atoms with Crippen molar-refractivity contribution in [3.63, 3.8) is 0 Å². The van der Waals surface area contributed by atoms with Gasteiger partial charge in [0.25, 0.3) is 0 Å². The Labute approximate surface area is 314 Å². The molecule has 2 unspecified atom stereocenters. The van der Waals surface area contributed by atoms with E-state index in [1.165, 1.54) is 9.21 Å². The highest BCUT2D eigenvalue weighted by atomic mass is 31.3. The predicted molar refractivity (Wildman–Crippen MR) is 203 cm³/mol. The van der Waals surface area contributed by atoms with Crippen LogP contribution in [0.25, 0.3) is 0 Å². The first-order chi connectivity index (χ1) is 26.5. The number of hydrogen-bond donors (Lipinski definition) is 0. The molecule has 0 saturated carbocycles. The largest absolute Gasteiger partial charge is 0.447 e. The van der Waals surface area contributed by atoms with Gasteiger partial charge in [0, 0.05) is 9.21 Å². The number of nitrogens with zero attached hydrogens (tertiary/aromatic N) is 6. The molecule has 2 atom stereocenters. The van der Waals surface area contributed by atoms with Crippen molar-refractivity contribution in [1.82, 2.24) is 9.21 Å². The molecule has 7 rings (SSSR count). The molecule has 0 N–H and O–H groups in total. The van der Waals surface area contributed by atoms with Gasteiger partial charge < -0.3 is 27.8 Å². The van der Waals surface area contributed by atoms with Gasteiger partial charge in [-0.1, -0.05) is 54.6 Å². The fraction of sp³-hybridized carbons (Fsp3) is 0. The zero-order valence-corrected chi connectivity index (χ0v) is 30.7. The van der Waals surface area contributed by atoms with Gasteiger partial charge in [-0.05, 0) is 109 Å². The van der Waals surface area contributed by atoms with E-state index < -0.39 is 24.6 Å². The van der Waals surface area contributed by atoms with Crippen LogP contribution in [0.15, 0.2) is 168 Å². The fourth-order valence-corrected chi connectivity index (χ4v) is 12.2. The second kappa shape index (κ2) is 17.0. The third-order valence-corrected chi connectivity index (χ3v) is 14.1. The van der Waals surface area contributed by atoms with Crippen molar-refractivity contribution >= 4 is 24.6 Å². The topological polar surface area (TPSA) is 146 Å². The molecule has 54 heavy (non-hydrogen) atoms. The Hall–Kier alpha value is -6.40. The molecule has 0 spiro atoms. The van der Waals surface area contributed by atoms with E-state index in [0.717, 1.165) is 0 Å². The van der Waals surface area contributed by atoms with Crippen molar-refractivity contribution in [1.29, 1.82) is 15.8 Å². The summed E-state index contributed by atoms with van der Waals surface area (Å²) in [5.74, 6) is 2.34. The number of benzene rings is 6. The van der Waals surface area contributed by atoms with Crippen molar-refractivity contribution in [2.24, 2.45) is 4.52 Å². The van der Waals surface area contributed by atoms with Gasteiger partial charge >= 0.3 is 24.6 Å². The Morgan fingerprint density at radius 3 is 1.28 bits per heavy atom. The molecule has 0 fully saturated rings. The lowest BCUT2D eigenvalue weighted by Crippen LogP contribution is -2.37. The lowest BCUT2D eigenvalue weighted by Gasteiger charge is -2.43. The summed E-state index contributed by atoms with van der Waals surface area (Å²) in [5.41, 5.74) is 1.30. The van der Waals surface area contributed by atoms with Crippen molar-refractivity contribution in [3.05, 3.63) is 180 Å². The second-order valence-corrected chi connectivity index (χ2v) is 16.5. The molecular formula is C39H27N6O6P3. The summed E-state index contributed by atoms with van der Waals surface area (Å²) in [6.07, 6.45) is 0. The molecule has 0 saturated heterocycles. The summed E-state index contributed by atoms with van der Waals surface area (Å²) >= 11 is 0. The maximum atomic E-state index is 9.52. The summed E-state index contributed by atoms with van der Waals surface area (Å²) in [7, 11) is -8.50. The number of para-hydroxylation sites is 3. The van der Waals surface area contributed by atoms with Crippen LogP contribution < -0.4 is 27.8 Å². The standard InChI is InChI=1S/C39H27N6O6P3/c40-28-31-16-22-34(23-17-31)46-44-52(48-36-10-4-1-5-11-36)43-54(50-38-12-6-2-7-13-38,51-39-14-8-3-9-15-39)45(47-35-24-18-32(29-41)19-25-35)53(44)49-37-26-20-33(30-42)21-27-37/h1-27H. The van der Waals surface area contributed by atoms with Crippen molar-refractivity contribution < 1.29 is 27.8 Å². The maximum absolute atomic E-state index is 9.52. The Morgan fingerprint density at radius 2 is 0.833 bits per heavy atom. The molecule has 12 nitrogen and oxygen atoms in total. The second-order valence-electron chi connectivity index (χ2n) is 11.0. The average molecular weight is 769 g/mol. The number of hydrogen-bond acceptors (Lipinski definition) is 12. The van der Waals surface area contributed by atoms with Gasteiger partial charge in [-0.15, -0.1) is 4.52 Å². The maximum Gasteiger partial charge on any atom is 0.447 e. The van der Waals surface area contributed by atoms with Crippen LogP contribution >= 0.6 is 24.6 Å². The first-order valence-corrected chi connectivity index (χ1v) is 20.0. The quantitative estimate of drug-likeness (QED) is 0.110. The molecule has 6 aromatic carbocycles. The van der Waals surface area contributed by atoms with Crippen LogP contribution in [-0.2, 0) is 0 Å². The molecule has 1 heterocycles. The Morgan fingerprint density at radius 1 is 0.444 bits per heavy atom. The first-order valence-electron chi connectivity index (χ1n) is 16.1. The van der Waals surface area contributed by atoms with Gasteiger partial charge in [0.1, 0.15) is 34.5 Å². The molecule has 0 radical (unpaired) electrons. The van der Waals surface area contributed by atoms with Gasteiger partial charge in [-0.2, -0.15) is 15.8 Å². The Kier molecular flexibility index (Phi) is 11.3. The Bertz CT molecular complexity index is 2310. The van der Waals surface area contributed by atoms with Crippen LogP contribution in [0.2, 0.25) is 0 Å². The molecule has 1 aliphatic heterocycles. The highest BCUT2D eigenvalue weighted by molar-refractivity contribution is 7.78. The molecule has 264 valence electrons. The van der Waals surface area contributed by atoms with Gasteiger partial charge in [0.15, 0.2) is 0 Å². The highest BCUT2D eigenvalue weighted by Gasteiger charge is 2.58. The van der Waals surface area contributed by atoms with Gasteiger partial charge in [-0.3, -0.25) is 0 Å². The highest BCUT2D eigenvalue weighted by Crippen LogP contribution is 2.77. The van der Waals surface area contributed by atoms with E-state index in [9.17, 15) is 15.8 Å². The summed E-state index contributed by atoms with van der Waals surface area (Å²) < 4.78 is 35.3. The van der Waals surface area contributed by atoms with Crippen LogP contribution in [0.1, 0.15) is 16.7 Å². The SMILES string of the molecule is N#Cc1ccc(ON2P(Oc3ccccc3)N=P(Oc3ccccc3)(Oc3ccccc3)N(Oc3ccc(C#N)cc3)P2Oc2ccc(C#N)cc2)cc1. The zero-order chi connectivity index (χ0) is 37.2. The summed E-state index contributed by atoms with van der Waals surface area (Å²) in [6, 6.07) is 53.2. The van der Waals surface area contributed by atoms with Crippen LogP contribution in [0.4, 0.5) is 0 Å². The van der Waals surface area contributed by atoms with E-state index in [2.05, 4.69) is 18.2 Å². The van der Waals surface area contributed by atoms with E-state index in [1.807, 2.05) is 54.6 Å². The minimum absolute atomic E-state index is 0.311. The smallest absolute Gasteiger partial charge is 0.440 e. The lowest BCUT2D eigenvalue weighted by molar-refractivity contribution is 0.0545. The van der Waals surface area contributed by atoms with Crippen molar-refractivity contribution in [2.75, 3.05) is 0 Å². The molecule has 0 aromatic heterocycles. The first kappa shape index (κ1) is 36.0. The predicted octanol–water partition coefficient (Wildman–Crippen LogP) is 10.9. The van der Waals surface area contributed by atoms with E-state index in [4.69, 9.17) is 32.3 Å². The minimum Gasteiger partial charge on any atom is -0.440 e. The third-order valence-electron chi connectivity index (χ3n) is 7.22. The average Bonchev–Trinajstić information content (AvgIpc) is 3.22. The molecule has 1 aliphatic rings. The summed E-state index contributed by atoms with van der Waals surface area (Å²) in [4.78, 5) is 13.3. The van der Waals surface area contributed by atoms with Crippen LogP contribution in [0.5, 0.6) is 34.5 Å². The summed E-state index contributed by atoms with van der Waals surface area (Å²) in [6.45, 7) is 0. The molecule has 0 aliphatic carbocycles. The van der Waals surface area contributed by atoms with Gasteiger partial charge in [0.05, 0.1) is 34.9 Å². The van der Waals surface area contributed by atoms with E-state index in [0.29, 0.717) is 51.2 Å². The van der Waals surface area contributed by atoms with Gasteiger partial charge in [0.2, 0.25) is 0 Å². The van der Waals surface area contributed by atoms with E-state index >= 15 is 0 Å². The monoisotopic (exact) mass is 768 g/mol. The van der Waals surface area contributed by atoms with Crippen molar-refractivity contribution in [3.8, 4) is 52.7 Å². The van der Waals surface area contributed by atoms with Gasteiger partial charge in [-0.25, -0.2) is 0 Å². The van der Waals surface area contributed by atoms with Crippen LogP contribution in [0, 0.1) is 34.0 Å². The molecule has 6 aromatic rings. The Balaban J connectivity index is 1.47. The van der Waals surface area contributed by atoms with Crippen LogP contribution in [0.3, 0.4) is 0 Å². The fourth-order valence-electron chi connectivity index (χ4n) is 4.66. The van der Waals surface area contributed by atoms with E-state index in [-0.39, 0.29) is 0 Å². The molecule has 0 bridgehead atoms. The minimum atomic E-state index is -3.92. The van der Waals surface area contributed by atoms with Crippen LogP contribution in [-0.4, -0.2) is 9.21 Å². The summed E-state index contributed by atoms with van der Waals surface area (Å²) in [5, 5.41) is 28.5. The normalized spacial score (nSPS) is 16.2. The zero-order valence-electron chi connectivity index (χ0n) is 28.1. The number of rotatable bonds is 12. The van der Waals surface area contributed by atoms with E-state index in [1.54, 1.807) is 109 Å². The molecule has 15 heteroatoms.